The highest BCUT2D eigenvalue weighted by Gasteiger charge is 2.45. The molecule has 0 bridgehead atoms. The van der Waals surface area contributed by atoms with E-state index in [1.165, 1.54) is 9.80 Å². The van der Waals surface area contributed by atoms with E-state index >= 15 is 0 Å². The molecule has 6 atom stereocenters. The van der Waals surface area contributed by atoms with Crippen molar-refractivity contribution in [2.24, 2.45) is 16.9 Å². The smallest absolute Gasteiger partial charge is 0.246 e. The molecule has 0 unspecified atom stereocenters. The highest BCUT2D eigenvalue weighted by atomic mass is 35.5. The van der Waals surface area contributed by atoms with E-state index in [2.05, 4.69) is 26.3 Å². The number of β-amino-alcohol motifs (C(OH)–C–C–N with tert-alkyl or cyclic N) is 1. The van der Waals surface area contributed by atoms with Crippen LogP contribution in [0.2, 0.25) is 0 Å². The van der Waals surface area contributed by atoms with Gasteiger partial charge in [-0.3, -0.25) is 38.5 Å². The number of thiazole rings is 1. The molecule has 0 aliphatic carbocycles. The zero-order valence-electron chi connectivity index (χ0n) is 41.4. The van der Waals surface area contributed by atoms with Crippen molar-refractivity contribution in [2.45, 2.75) is 148 Å². The van der Waals surface area contributed by atoms with Gasteiger partial charge in [0.15, 0.2) is 0 Å². The molecule has 19 heteroatoms. The van der Waals surface area contributed by atoms with E-state index in [4.69, 9.17) is 11.5 Å². The van der Waals surface area contributed by atoms with Gasteiger partial charge in [-0.15, -0.1) is 23.7 Å². The molecule has 7 amide bonds. The van der Waals surface area contributed by atoms with Gasteiger partial charge in [-0.25, -0.2) is 4.98 Å². The van der Waals surface area contributed by atoms with Gasteiger partial charge in [0.05, 0.1) is 33.9 Å². The third kappa shape index (κ3) is 13.6. The van der Waals surface area contributed by atoms with Gasteiger partial charge >= 0.3 is 0 Å². The zero-order chi connectivity index (χ0) is 51.0. The maximum atomic E-state index is 14.1. The molecule has 3 aromatic carbocycles. The molecule has 0 spiro atoms. The molecule has 0 saturated carbocycles. The van der Waals surface area contributed by atoms with Crippen LogP contribution in [0.5, 0.6) is 0 Å². The summed E-state index contributed by atoms with van der Waals surface area (Å²) in [6.07, 6.45) is 3.41. The summed E-state index contributed by atoms with van der Waals surface area (Å²) in [5.41, 5.74) is 20.0. The number of likely N-dealkylation sites (tertiary alicyclic amines) is 1. The van der Waals surface area contributed by atoms with E-state index in [1.807, 2.05) is 99.9 Å². The molecule has 3 aliphatic heterocycles. The predicted octanol–water partition coefficient (Wildman–Crippen LogP) is 4.05. The number of aryl methyl sites for hydroxylation is 3. The number of nitrogens with zero attached hydrogens (tertiary/aromatic N) is 3. The van der Waals surface area contributed by atoms with Gasteiger partial charge in [0.25, 0.3) is 0 Å². The largest absolute Gasteiger partial charge is 0.391 e. The first kappa shape index (κ1) is 55.1. The Morgan fingerprint density at radius 2 is 1.57 bits per heavy atom. The topological polar surface area (TPSA) is 259 Å². The van der Waals surface area contributed by atoms with Gasteiger partial charge in [0, 0.05) is 45.3 Å². The van der Waals surface area contributed by atoms with Gasteiger partial charge in [-0.05, 0) is 84.2 Å². The number of rotatable bonds is 20. The molecule has 3 aliphatic rings. The normalized spacial score (nSPS) is 19.1. The third-order valence-electron chi connectivity index (χ3n) is 13.6. The highest BCUT2D eigenvalue weighted by molar-refractivity contribution is 7.13. The van der Waals surface area contributed by atoms with Crippen LogP contribution >= 0.6 is 23.7 Å². The van der Waals surface area contributed by atoms with E-state index in [0.717, 1.165) is 56.8 Å². The fourth-order valence-electron chi connectivity index (χ4n) is 9.70. The molecule has 7 rings (SSSR count). The van der Waals surface area contributed by atoms with E-state index in [0.29, 0.717) is 31.4 Å². The lowest BCUT2D eigenvalue weighted by atomic mass is 9.85. The van der Waals surface area contributed by atoms with Gasteiger partial charge in [0.2, 0.25) is 41.4 Å². The number of carbonyl (C=O) groups excluding carboxylic acids is 7. The quantitative estimate of drug-likeness (QED) is 0.0625. The average molecular weight is 1030 g/mol. The predicted molar refractivity (Wildman–Crippen MR) is 277 cm³/mol. The maximum Gasteiger partial charge on any atom is 0.246 e. The summed E-state index contributed by atoms with van der Waals surface area (Å²) in [5, 5.41) is 22.2. The van der Waals surface area contributed by atoms with Crippen LogP contribution in [-0.4, -0.2) is 99.2 Å². The fraction of sp³-hybridized carbons (Fsp3) is 0.472. The molecular weight excluding hydrogens is 958 g/mol. The standard InChI is InChI=1S/C53H67N9O8S.ClH/c1-31-46(71-30-58-31)36-18-16-33(17-19-36)27-57-49(67)41-26-38(63)29-61(41)52(70)47(53(2,3)4)60-44(65)15-7-5-6-10-32-11-8-12-34(24-32)28-56-48(66)40(22-23-43(55)64)59-50(68)42-25-37-14-9-13-35-20-21-39(54)51(69)62(42)45(35)37;/h8-9,11-14,16-19,24,30,38-42,47,63H,5-7,10,15,20-23,25-29,54H2,1-4H3,(H2,55,64)(H,56,66)(H,57,67)(H,59,68)(H,60,65);1H/t38-,39+,40+,41+,42+,47-;/m1./s1. The summed E-state index contributed by atoms with van der Waals surface area (Å²) < 4.78 is 0. The van der Waals surface area contributed by atoms with Crippen LogP contribution in [-0.2, 0) is 65.9 Å². The Morgan fingerprint density at radius 3 is 2.28 bits per heavy atom. The van der Waals surface area contributed by atoms with Crippen molar-refractivity contribution in [3.05, 3.63) is 106 Å². The second-order valence-corrected chi connectivity index (χ2v) is 21.0. The molecule has 72 heavy (non-hydrogen) atoms. The van der Waals surface area contributed by atoms with Gasteiger partial charge in [-0.2, -0.15) is 0 Å². The minimum absolute atomic E-state index is 0. The van der Waals surface area contributed by atoms with E-state index < -0.39 is 65.4 Å². The Bertz CT molecular complexity index is 2620. The third-order valence-corrected chi connectivity index (χ3v) is 14.6. The van der Waals surface area contributed by atoms with E-state index in [9.17, 15) is 38.7 Å². The number of hydrogen-bond donors (Lipinski definition) is 7. The van der Waals surface area contributed by atoms with Crippen LogP contribution in [0.25, 0.3) is 10.4 Å². The number of aliphatic hydroxyl groups is 1. The van der Waals surface area contributed by atoms with Crippen molar-refractivity contribution in [3.63, 3.8) is 0 Å². The number of halogens is 1. The van der Waals surface area contributed by atoms with Crippen molar-refractivity contribution >= 4 is 70.8 Å². The number of hydrogen-bond acceptors (Lipinski definition) is 11. The Morgan fingerprint density at radius 1 is 0.861 bits per heavy atom. The first-order chi connectivity index (χ1) is 33.9. The number of aromatic nitrogens is 1. The van der Waals surface area contributed by atoms with Crippen LogP contribution < -0.4 is 37.6 Å². The summed E-state index contributed by atoms with van der Waals surface area (Å²) >= 11 is 1.57. The van der Waals surface area contributed by atoms with Crippen molar-refractivity contribution in [1.29, 1.82) is 0 Å². The van der Waals surface area contributed by atoms with Crippen molar-refractivity contribution in [1.82, 2.24) is 31.2 Å². The first-order valence-electron chi connectivity index (χ1n) is 24.6. The number of primary amides is 1. The van der Waals surface area contributed by atoms with Gasteiger partial charge < -0.3 is 42.7 Å². The van der Waals surface area contributed by atoms with Crippen molar-refractivity contribution in [2.75, 3.05) is 11.4 Å². The number of aliphatic hydroxyl groups excluding tert-OH is 1. The Labute approximate surface area is 431 Å². The van der Waals surface area contributed by atoms with Gasteiger partial charge in [-0.1, -0.05) is 93.9 Å². The van der Waals surface area contributed by atoms with Crippen LogP contribution in [0.4, 0.5) is 5.69 Å². The molecule has 9 N–H and O–H groups in total. The average Bonchev–Trinajstić information content (AvgIpc) is 4.06. The van der Waals surface area contributed by atoms with E-state index in [-0.39, 0.29) is 81.9 Å². The lowest BCUT2D eigenvalue weighted by Gasteiger charge is -2.35. The van der Waals surface area contributed by atoms with Crippen molar-refractivity contribution in [3.8, 4) is 10.4 Å². The summed E-state index contributed by atoms with van der Waals surface area (Å²) in [6, 6.07) is 16.8. The summed E-state index contributed by atoms with van der Waals surface area (Å²) in [6.45, 7) is 7.93. The molecule has 386 valence electrons. The van der Waals surface area contributed by atoms with Crippen LogP contribution in [0.3, 0.4) is 0 Å². The molecule has 4 heterocycles. The molecule has 0 radical (unpaired) electrons. The molecule has 17 nitrogen and oxygen atoms in total. The number of benzene rings is 3. The first-order valence-corrected chi connectivity index (χ1v) is 25.4. The van der Waals surface area contributed by atoms with Crippen LogP contribution in [0.1, 0.15) is 106 Å². The second-order valence-electron chi connectivity index (χ2n) is 20.1. The molecule has 1 fully saturated rings. The monoisotopic (exact) mass is 1030 g/mol. The number of carbonyl (C=O) groups is 7. The summed E-state index contributed by atoms with van der Waals surface area (Å²) in [5.74, 6) is -3.03. The number of nitrogens with one attached hydrogen (secondary N) is 4. The Balaban J connectivity index is 0.00000847. The maximum absolute atomic E-state index is 14.1. The Hall–Kier alpha value is -6.21. The number of anilines is 1. The highest BCUT2D eigenvalue weighted by Crippen LogP contribution is 2.39. The number of amides is 7. The number of para-hydroxylation sites is 1. The molecular formula is C53H68ClN9O8S. The lowest BCUT2D eigenvalue weighted by molar-refractivity contribution is -0.144. The summed E-state index contributed by atoms with van der Waals surface area (Å²) in [7, 11) is 0. The summed E-state index contributed by atoms with van der Waals surface area (Å²) in [4.78, 5) is 102. The second kappa shape index (κ2) is 24.5. The molecule has 1 aromatic heterocycles. The van der Waals surface area contributed by atoms with Crippen LogP contribution in [0, 0.1) is 12.3 Å². The Kier molecular flexibility index (Phi) is 18.7. The fourth-order valence-corrected chi connectivity index (χ4v) is 10.5. The SMILES string of the molecule is Cc1ncsc1-c1ccc(CNC(=O)[C@@H]2C[C@@H](O)CN2C(=O)[C@@H](NC(=O)CCCCCc2cccc(CNC(=O)[C@H](CCC(N)=O)NC(=O)[C@@H]3Cc4cccc5c4N3C(=O)[C@@H](N)CC5)c2)C(C)(C)C)cc1.Cl. The lowest BCUT2D eigenvalue weighted by Crippen LogP contribution is -2.57. The van der Waals surface area contributed by atoms with E-state index in [1.54, 1.807) is 11.3 Å². The molecule has 4 aromatic rings. The molecule has 1 saturated heterocycles. The number of unbranched alkanes of at least 4 members (excludes halogenated alkanes) is 2. The van der Waals surface area contributed by atoms with Crippen molar-refractivity contribution < 1.29 is 38.7 Å². The minimum Gasteiger partial charge on any atom is -0.391 e. The van der Waals surface area contributed by atoms with Crippen LogP contribution in [0.15, 0.2) is 72.2 Å². The minimum atomic E-state index is -1.08. The van der Waals surface area contributed by atoms with Gasteiger partial charge in [0.1, 0.15) is 24.2 Å². The zero-order valence-corrected chi connectivity index (χ0v) is 43.0. The number of nitrogens with two attached hydrogens (primary N) is 2.